The van der Waals surface area contributed by atoms with Crippen molar-refractivity contribution in [2.24, 2.45) is 0 Å². The van der Waals surface area contributed by atoms with Gasteiger partial charge in [0.25, 0.3) is 5.69 Å². The molecule has 0 unspecified atom stereocenters. The number of hydrogen-bond donors (Lipinski definition) is 0. The summed E-state index contributed by atoms with van der Waals surface area (Å²) in [7, 11) is 1.20. The number of benzene rings is 1. The topological polar surface area (TPSA) is 93.2 Å². The maximum Gasteiger partial charge on any atom is 0.338 e. The van der Waals surface area contributed by atoms with Crippen LogP contribution in [0.4, 0.5) is 5.69 Å². The van der Waals surface area contributed by atoms with Crippen molar-refractivity contribution in [1.29, 1.82) is 5.26 Å². The lowest BCUT2D eigenvalue weighted by Gasteiger charge is -2.06. The fourth-order valence-electron chi connectivity index (χ4n) is 1.28. The highest BCUT2D eigenvalue weighted by Gasteiger charge is 2.21. The van der Waals surface area contributed by atoms with E-state index in [1.54, 1.807) is 6.07 Å². The molecule has 0 saturated carbocycles. The Labute approximate surface area is 105 Å². The van der Waals surface area contributed by atoms with Gasteiger partial charge in [-0.1, -0.05) is 15.9 Å². The first kappa shape index (κ1) is 13.1. The molecule has 0 aliphatic rings. The zero-order chi connectivity index (χ0) is 13.0. The van der Waals surface area contributed by atoms with Gasteiger partial charge in [0.15, 0.2) is 0 Å². The van der Waals surface area contributed by atoms with Crippen LogP contribution < -0.4 is 0 Å². The Morgan fingerprint density at radius 2 is 2.29 bits per heavy atom. The highest BCUT2D eigenvalue weighted by atomic mass is 79.9. The van der Waals surface area contributed by atoms with Crippen LogP contribution in [0.25, 0.3) is 0 Å². The van der Waals surface area contributed by atoms with E-state index in [9.17, 15) is 14.9 Å². The summed E-state index contributed by atoms with van der Waals surface area (Å²) in [6, 6.07) is 4.04. The van der Waals surface area contributed by atoms with Gasteiger partial charge < -0.3 is 4.74 Å². The third kappa shape index (κ3) is 2.60. The van der Waals surface area contributed by atoms with Crippen molar-refractivity contribution in [2.45, 2.75) is 5.33 Å². The second-order valence-electron chi connectivity index (χ2n) is 3.02. The predicted octanol–water partition coefficient (Wildman–Crippen LogP) is 2.15. The maximum absolute atomic E-state index is 11.4. The lowest BCUT2D eigenvalue weighted by molar-refractivity contribution is -0.385. The number of nitrogens with zero attached hydrogens (tertiary/aromatic N) is 2. The molecular weight excluding hydrogens is 292 g/mol. The molecule has 0 atom stereocenters. The molecule has 0 radical (unpaired) electrons. The number of rotatable bonds is 3. The highest BCUT2D eigenvalue weighted by molar-refractivity contribution is 9.08. The molecule has 1 aromatic carbocycles. The van der Waals surface area contributed by atoms with Crippen LogP contribution in [-0.2, 0) is 10.1 Å². The number of carbonyl (C=O) groups is 1. The third-order valence-corrected chi connectivity index (χ3v) is 2.69. The molecule has 1 aromatic rings. The Bertz CT molecular complexity index is 522. The molecule has 0 aromatic heterocycles. The predicted molar refractivity (Wildman–Crippen MR) is 61.8 cm³/mol. The number of nitro groups is 1. The Hall–Kier alpha value is -1.94. The number of halogens is 1. The van der Waals surface area contributed by atoms with Crippen molar-refractivity contribution in [3.05, 3.63) is 38.9 Å². The van der Waals surface area contributed by atoms with Crippen molar-refractivity contribution in [1.82, 2.24) is 0 Å². The van der Waals surface area contributed by atoms with E-state index >= 15 is 0 Å². The van der Waals surface area contributed by atoms with Crippen LogP contribution in [0.1, 0.15) is 21.5 Å². The number of nitriles is 1. The average molecular weight is 299 g/mol. The van der Waals surface area contributed by atoms with Gasteiger partial charge in [0.2, 0.25) is 0 Å². The fourth-order valence-corrected chi connectivity index (χ4v) is 1.75. The number of carbonyl (C=O) groups excluding carboxylic acids is 1. The largest absolute Gasteiger partial charge is 0.465 e. The highest BCUT2D eigenvalue weighted by Crippen LogP contribution is 2.25. The Morgan fingerprint density at radius 1 is 1.65 bits per heavy atom. The lowest BCUT2D eigenvalue weighted by atomic mass is 10.0. The third-order valence-electron chi connectivity index (χ3n) is 2.09. The molecule has 0 N–H and O–H groups in total. The quantitative estimate of drug-likeness (QED) is 0.369. The van der Waals surface area contributed by atoms with E-state index in [4.69, 9.17) is 5.26 Å². The van der Waals surface area contributed by atoms with E-state index in [0.29, 0.717) is 5.56 Å². The van der Waals surface area contributed by atoms with Gasteiger partial charge >= 0.3 is 5.97 Å². The molecule has 6 nitrogen and oxygen atoms in total. The first-order valence-electron chi connectivity index (χ1n) is 4.40. The Morgan fingerprint density at radius 3 is 2.71 bits per heavy atom. The van der Waals surface area contributed by atoms with Crippen LogP contribution in [0.15, 0.2) is 12.1 Å². The number of hydrogen-bond acceptors (Lipinski definition) is 5. The van der Waals surface area contributed by atoms with Crippen molar-refractivity contribution in [3.8, 4) is 6.07 Å². The van der Waals surface area contributed by atoms with Crippen molar-refractivity contribution in [2.75, 3.05) is 7.11 Å². The molecule has 17 heavy (non-hydrogen) atoms. The van der Waals surface area contributed by atoms with Crippen LogP contribution in [0.5, 0.6) is 0 Å². The van der Waals surface area contributed by atoms with E-state index in [1.165, 1.54) is 19.2 Å². The van der Waals surface area contributed by atoms with Crippen molar-refractivity contribution < 1.29 is 14.5 Å². The summed E-state index contributed by atoms with van der Waals surface area (Å²) in [4.78, 5) is 21.5. The number of ether oxygens (including phenoxy) is 1. The molecule has 0 aliphatic heterocycles. The van der Waals surface area contributed by atoms with Gasteiger partial charge in [0.05, 0.1) is 17.6 Å². The van der Waals surface area contributed by atoms with E-state index in [2.05, 4.69) is 20.7 Å². The molecule has 1 rings (SSSR count). The van der Waals surface area contributed by atoms with Gasteiger partial charge in [-0.15, -0.1) is 0 Å². The fraction of sp³-hybridized carbons (Fsp3) is 0.200. The van der Waals surface area contributed by atoms with Crippen LogP contribution in [-0.4, -0.2) is 18.0 Å². The molecule has 88 valence electrons. The lowest BCUT2D eigenvalue weighted by Crippen LogP contribution is -2.07. The van der Waals surface area contributed by atoms with E-state index in [0.717, 1.165) is 0 Å². The second kappa shape index (κ2) is 5.41. The van der Waals surface area contributed by atoms with Crippen LogP contribution >= 0.6 is 15.9 Å². The first-order valence-corrected chi connectivity index (χ1v) is 5.53. The molecule has 0 spiro atoms. The number of esters is 1. The Kier molecular flexibility index (Phi) is 4.17. The summed E-state index contributed by atoms with van der Waals surface area (Å²) in [5.74, 6) is -0.633. The van der Waals surface area contributed by atoms with Gasteiger partial charge in [-0.25, -0.2) is 4.79 Å². The second-order valence-corrected chi connectivity index (χ2v) is 3.58. The van der Waals surface area contributed by atoms with Gasteiger partial charge in [0.1, 0.15) is 11.6 Å². The monoisotopic (exact) mass is 298 g/mol. The molecule has 0 bridgehead atoms. The average Bonchev–Trinajstić information content (AvgIpc) is 2.35. The van der Waals surface area contributed by atoms with E-state index in [-0.39, 0.29) is 22.1 Å². The number of methoxy groups -OCH3 is 1. The molecule has 0 saturated heterocycles. The molecule has 0 heterocycles. The molecule has 0 aliphatic carbocycles. The summed E-state index contributed by atoms with van der Waals surface area (Å²) in [6.45, 7) is 0. The maximum atomic E-state index is 11.4. The van der Waals surface area contributed by atoms with Gasteiger partial charge in [-0.3, -0.25) is 10.1 Å². The molecule has 7 heteroatoms. The SMILES string of the molecule is COC(=O)c1cc(C#N)c([N+](=O)[O-])cc1CBr. The van der Waals surface area contributed by atoms with Crippen molar-refractivity contribution >= 4 is 27.6 Å². The molecular formula is C10H7BrN2O4. The molecule has 0 amide bonds. The van der Waals surface area contributed by atoms with Gasteiger partial charge in [-0.05, 0) is 11.6 Å². The van der Waals surface area contributed by atoms with Crippen LogP contribution in [0.2, 0.25) is 0 Å². The number of alkyl halides is 1. The normalized spacial score (nSPS) is 9.47. The van der Waals surface area contributed by atoms with Crippen LogP contribution in [0.3, 0.4) is 0 Å². The standard InChI is InChI=1S/C10H7BrN2O4/c1-17-10(14)8-2-7(5-12)9(13(15)16)3-6(8)4-11/h2-3H,4H2,1H3. The van der Waals surface area contributed by atoms with E-state index < -0.39 is 10.9 Å². The zero-order valence-electron chi connectivity index (χ0n) is 8.77. The first-order chi connectivity index (χ1) is 8.04. The number of nitro benzene ring substituents is 1. The summed E-state index contributed by atoms with van der Waals surface area (Å²) >= 11 is 3.12. The minimum absolute atomic E-state index is 0.145. The summed E-state index contributed by atoms with van der Waals surface area (Å²) in [6.07, 6.45) is 0. The zero-order valence-corrected chi connectivity index (χ0v) is 10.4. The van der Waals surface area contributed by atoms with Crippen LogP contribution in [0, 0.1) is 21.4 Å². The summed E-state index contributed by atoms with van der Waals surface area (Å²) < 4.78 is 4.54. The minimum Gasteiger partial charge on any atom is -0.465 e. The van der Waals surface area contributed by atoms with Gasteiger partial charge in [-0.2, -0.15) is 5.26 Å². The van der Waals surface area contributed by atoms with Crippen molar-refractivity contribution in [3.63, 3.8) is 0 Å². The Balaban J connectivity index is 3.50. The van der Waals surface area contributed by atoms with Gasteiger partial charge in [0, 0.05) is 11.4 Å². The molecule has 0 fully saturated rings. The summed E-state index contributed by atoms with van der Waals surface area (Å²) in [5, 5.41) is 19.8. The minimum atomic E-state index is -0.661. The van der Waals surface area contributed by atoms with E-state index in [1.807, 2.05) is 0 Å². The summed E-state index contributed by atoms with van der Waals surface area (Å²) in [5.41, 5.74) is 0.0591. The smallest absolute Gasteiger partial charge is 0.338 e.